The van der Waals surface area contributed by atoms with Gasteiger partial charge in [0.25, 0.3) is 0 Å². The lowest BCUT2D eigenvalue weighted by Gasteiger charge is -2.26. The number of hydrogen-bond donors (Lipinski definition) is 2. The van der Waals surface area contributed by atoms with Gasteiger partial charge in [-0.2, -0.15) is 0 Å². The highest BCUT2D eigenvalue weighted by Gasteiger charge is 2.24. The van der Waals surface area contributed by atoms with Crippen LogP contribution in [-0.2, 0) is 20.7 Å². The molecule has 0 aromatic heterocycles. The maximum Gasteiger partial charge on any atom is 0.407 e. The highest BCUT2D eigenvalue weighted by atomic mass is 16.6. The Morgan fingerprint density at radius 3 is 2.07 bits per heavy atom. The number of benzene rings is 1. The quantitative estimate of drug-likeness (QED) is 0.532. The Morgan fingerprint density at radius 1 is 1.03 bits per heavy atom. The molecule has 0 aliphatic carbocycles. The molecule has 0 unspecified atom stereocenters. The first-order valence-corrected chi connectivity index (χ1v) is 9.51. The summed E-state index contributed by atoms with van der Waals surface area (Å²) in [5, 5.41) is 13.3. The van der Waals surface area contributed by atoms with Crippen LogP contribution in [0.25, 0.3) is 0 Å². The van der Waals surface area contributed by atoms with Gasteiger partial charge in [-0.1, -0.05) is 12.1 Å². The molecule has 0 saturated heterocycles. The largest absolute Gasteiger partial charge is 0.497 e. The number of carbonyl (C=O) groups excluding carboxylic acids is 2. The summed E-state index contributed by atoms with van der Waals surface area (Å²) in [6.07, 6.45) is 1.01. The van der Waals surface area contributed by atoms with Gasteiger partial charge in [0.1, 0.15) is 17.0 Å². The fourth-order valence-corrected chi connectivity index (χ4v) is 2.38. The van der Waals surface area contributed by atoms with Crippen LogP contribution >= 0.6 is 0 Å². The Morgan fingerprint density at radius 2 is 1.59 bits per heavy atom. The molecule has 1 rings (SSSR count). The van der Waals surface area contributed by atoms with E-state index >= 15 is 0 Å². The van der Waals surface area contributed by atoms with Gasteiger partial charge in [0.15, 0.2) is 0 Å². The first kappa shape index (κ1) is 24.5. The summed E-state index contributed by atoms with van der Waals surface area (Å²) in [5.74, 6) is 0.132. The molecule has 0 fully saturated rings. The Hall–Kier alpha value is -2.54. The van der Waals surface area contributed by atoms with Gasteiger partial charge in [0.05, 0.1) is 19.3 Å². The van der Waals surface area contributed by atoms with Crippen LogP contribution in [-0.4, -0.2) is 47.6 Å². The summed E-state index contributed by atoms with van der Waals surface area (Å²) < 4.78 is 15.6. The van der Waals surface area contributed by atoms with Crippen LogP contribution in [0.3, 0.4) is 0 Å². The van der Waals surface area contributed by atoms with Crippen LogP contribution in [0.2, 0.25) is 0 Å². The van der Waals surface area contributed by atoms with Gasteiger partial charge in [0.2, 0.25) is 0 Å². The SMILES string of the molecule is COc1ccc(C[C@@H](NC(=O)OC(C)(C)C)[C@H](O)/C=C/C(=O)OC(C)(C)C)cc1. The number of aliphatic hydroxyl groups excluding tert-OH is 1. The molecule has 29 heavy (non-hydrogen) atoms. The van der Waals surface area contributed by atoms with Gasteiger partial charge < -0.3 is 24.6 Å². The molecule has 2 N–H and O–H groups in total. The van der Waals surface area contributed by atoms with Crippen LogP contribution in [0.4, 0.5) is 4.79 Å². The molecule has 0 saturated carbocycles. The van der Waals surface area contributed by atoms with Crippen LogP contribution in [0.1, 0.15) is 47.1 Å². The first-order valence-electron chi connectivity index (χ1n) is 9.51. The summed E-state index contributed by atoms with van der Waals surface area (Å²) in [6.45, 7) is 10.5. The Labute approximate surface area is 173 Å². The Bertz CT molecular complexity index is 697. The second kappa shape index (κ2) is 10.3. The Balaban J connectivity index is 2.92. The van der Waals surface area contributed by atoms with E-state index in [-0.39, 0.29) is 0 Å². The minimum Gasteiger partial charge on any atom is -0.497 e. The third-order valence-electron chi connectivity index (χ3n) is 3.57. The van der Waals surface area contributed by atoms with Gasteiger partial charge in [0, 0.05) is 6.08 Å². The van der Waals surface area contributed by atoms with Gasteiger partial charge in [-0.15, -0.1) is 0 Å². The molecular formula is C22H33NO6. The van der Waals surface area contributed by atoms with Crippen molar-refractivity contribution in [3.8, 4) is 5.75 Å². The maximum absolute atomic E-state index is 12.2. The molecule has 0 aliphatic rings. The van der Waals surface area contributed by atoms with Crippen molar-refractivity contribution in [1.29, 1.82) is 0 Å². The van der Waals surface area contributed by atoms with Crippen molar-refractivity contribution < 1.29 is 28.9 Å². The highest BCUT2D eigenvalue weighted by molar-refractivity contribution is 5.82. The second-order valence-electron chi connectivity index (χ2n) is 8.69. The van der Waals surface area contributed by atoms with Crippen molar-refractivity contribution in [3.05, 3.63) is 42.0 Å². The van der Waals surface area contributed by atoms with Crippen molar-refractivity contribution in [3.63, 3.8) is 0 Å². The predicted molar refractivity (Wildman–Crippen MR) is 111 cm³/mol. The number of carbonyl (C=O) groups is 2. The van der Waals surface area contributed by atoms with E-state index in [9.17, 15) is 14.7 Å². The molecule has 7 heteroatoms. The molecular weight excluding hydrogens is 374 g/mol. The zero-order valence-electron chi connectivity index (χ0n) is 18.3. The monoisotopic (exact) mass is 407 g/mol. The van der Waals surface area contributed by atoms with E-state index in [1.165, 1.54) is 6.08 Å². The van der Waals surface area contributed by atoms with Gasteiger partial charge in [-0.05, 0) is 71.7 Å². The molecule has 162 valence electrons. The highest BCUT2D eigenvalue weighted by Crippen LogP contribution is 2.15. The Kier molecular flexibility index (Phi) is 8.70. The predicted octanol–water partition coefficient (Wildman–Crippen LogP) is 3.39. The molecule has 2 atom stereocenters. The average molecular weight is 408 g/mol. The molecule has 1 aromatic carbocycles. The number of methoxy groups -OCH3 is 1. The summed E-state index contributed by atoms with van der Waals surface area (Å²) >= 11 is 0. The number of esters is 1. The molecule has 0 aliphatic heterocycles. The minimum atomic E-state index is -1.13. The van der Waals surface area contributed by atoms with Gasteiger partial charge in [-0.3, -0.25) is 0 Å². The van der Waals surface area contributed by atoms with Crippen LogP contribution in [0, 0.1) is 0 Å². The van der Waals surface area contributed by atoms with Crippen molar-refractivity contribution in [2.24, 2.45) is 0 Å². The second-order valence-corrected chi connectivity index (χ2v) is 8.69. The number of ether oxygens (including phenoxy) is 3. The van der Waals surface area contributed by atoms with E-state index in [4.69, 9.17) is 14.2 Å². The maximum atomic E-state index is 12.2. The zero-order valence-corrected chi connectivity index (χ0v) is 18.3. The van der Waals surface area contributed by atoms with E-state index in [1.54, 1.807) is 60.8 Å². The van der Waals surface area contributed by atoms with E-state index < -0.39 is 35.4 Å². The first-order chi connectivity index (χ1) is 13.3. The summed E-state index contributed by atoms with van der Waals surface area (Å²) in [6, 6.07) is 6.56. The summed E-state index contributed by atoms with van der Waals surface area (Å²) in [4.78, 5) is 24.1. The van der Waals surface area contributed by atoms with Crippen LogP contribution < -0.4 is 10.1 Å². The lowest BCUT2D eigenvalue weighted by atomic mass is 10.0. The number of nitrogens with one attached hydrogen (secondary N) is 1. The lowest BCUT2D eigenvalue weighted by Crippen LogP contribution is -2.46. The number of hydrogen-bond acceptors (Lipinski definition) is 6. The fraction of sp³-hybridized carbons (Fsp3) is 0.545. The van der Waals surface area contributed by atoms with E-state index in [0.717, 1.165) is 11.6 Å². The number of alkyl carbamates (subject to hydrolysis) is 1. The van der Waals surface area contributed by atoms with Gasteiger partial charge >= 0.3 is 12.1 Å². The van der Waals surface area contributed by atoms with Crippen molar-refractivity contribution >= 4 is 12.1 Å². The molecule has 0 radical (unpaired) electrons. The molecule has 7 nitrogen and oxygen atoms in total. The third kappa shape index (κ3) is 10.5. The molecule has 0 spiro atoms. The number of aliphatic hydroxyl groups is 1. The number of rotatable bonds is 7. The summed E-state index contributed by atoms with van der Waals surface area (Å²) in [7, 11) is 1.58. The normalized spacial score (nSPS) is 14.2. The van der Waals surface area contributed by atoms with Gasteiger partial charge in [-0.25, -0.2) is 9.59 Å². The third-order valence-corrected chi connectivity index (χ3v) is 3.57. The topological polar surface area (TPSA) is 94.1 Å². The zero-order chi connectivity index (χ0) is 22.2. The van der Waals surface area contributed by atoms with Crippen molar-refractivity contribution in [1.82, 2.24) is 5.32 Å². The lowest BCUT2D eigenvalue weighted by molar-refractivity contribution is -0.148. The van der Waals surface area contributed by atoms with Crippen molar-refractivity contribution in [2.75, 3.05) is 7.11 Å². The molecule has 1 aromatic rings. The number of amides is 1. The van der Waals surface area contributed by atoms with Crippen LogP contribution in [0.15, 0.2) is 36.4 Å². The van der Waals surface area contributed by atoms with Crippen LogP contribution in [0.5, 0.6) is 5.75 Å². The summed E-state index contributed by atoms with van der Waals surface area (Å²) in [5.41, 5.74) is -0.438. The van der Waals surface area contributed by atoms with E-state index in [1.807, 2.05) is 12.1 Å². The molecule has 0 heterocycles. The molecule has 0 bridgehead atoms. The van der Waals surface area contributed by atoms with E-state index in [0.29, 0.717) is 12.2 Å². The van der Waals surface area contributed by atoms with Crippen molar-refractivity contribution in [2.45, 2.75) is 71.3 Å². The smallest absolute Gasteiger partial charge is 0.407 e. The minimum absolute atomic E-state index is 0.322. The fourth-order valence-electron chi connectivity index (χ4n) is 2.38. The standard InChI is InChI=1S/C22H33NO6/c1-21(2,3)28-19(25)13-12-18(24)17(23-20(26)29-22(4,5)6)14-15-8-10-16(27-7)11-9-15/h8-13,17-18,24H,14H2,1-7H3,(H,23,26)/b13-12+/t17-,18-/m1/s1. The average Bonchev–Trinajstić information content (AvgIpc) is 2.56. The van der Waals surface area contributed by atoms with E-state index in [2.05, 4.69) is 5.32 Å². The molecule has 1 amide bonds.